The summed E-state index contributed by atoms with van der Waals surface area (Å²) in [4.78, 5) is 38.7. The molecule has 1 aromatic rings. The fourth-order valence-corrected chi connectivity index (χ4v) is 5.65. The van der Waals surface area contributed by atoms with Gasteiger partial charge in [-0.2, -0.15) is 0 Å². The second-order valence-corrected chi connectivity index (χ2v) is 9.52. The zero-order valence-electron chi connectivity index (χ0n) is 19.0. The number of aromatic nitrogens is 2. The number of rotatable bonds is 7. The number of H-pyrrole nitrogens is 1. The van der Waals surface area contributed by atoms with Gasteiger partial charge in [0.05, 0.1) is 24.3 Å². The Balaban J connectivity index is 1.45. The van der Waals surface area contributed by atoms with E-state index in [0.29, 0.717) is 31.9 Å². The van der Waals surface area contributed by atoms with Crippen molar-refractivity contribution in [1.29, 1.82) is 0 Å². The van der Waals surface area contributed by atoms with Crippen molar-refractivity contribution in [3.63, 3.8) is 0 Å². The first-order chi connectivity index (χ1) is 15.0. The van der Waals surface area contributed by atoms with Crippen LogP contribution >= 0.6 is 0 Å². The number of nitrogens with one attached hydrogen (secondary N) is 2. The smallest absolute Gasteiger partial charge is 0.246 e. The summed E-state index contributed by atoms with van der Waals surface area (Å²) in [6.45, 7) is 5.27. The zero-order valence-corrected chi connectivity index (χ0v) is 19.0. The van der Waals surface area contributed by atoms with Crippen molar-refractivity contribution in [3.8, 4) is 0 Å². The number of methoxy groups -OCH3 is 1. The molecule has 8 nitrogen and oxygen atoms in total. The van der Waals surface area contributed by atoms with Crippen LogP contribution in [0.25, 0.3) is 0 Å². The van der Waals surface area contributed by atoms with E-state index in [1.165, 1.54) is 32.1 Å². The largest absolute Gasteiger partial charge is 0.383 e. The second kappa shape index (κ2) is 9.69. The number of imidazole rings is 1. The lowest BCUT2D eigenvalue weighted by Gasteiger charge is -2.52. The fraction of sp³-hybridized carbons (Fsp3) is 0.783. The fourth-order valence-electron chi connectivity index (χ4n) is 5.65. The van der Waals surface area contributed by atoms with Crippen LogP contribution < -0.4 is 5.32 Å². The Bertz CT molecular complexity index is 765. The highest BCUT2D eigenvalue weighted by atomic mass is 16.5. The van der Waals surface area contributed by atoms with Crippen molar-refractivity contribution in [1.82, 2.24) is 25.1 Å². The molecule has 1 atom stereocenters. The van der Waals surface area contributed by atoms with Crippen molar-refractivity contribution in [2.24, 2.45) is 5.92 Å². The Morgan fingerprint density at radius 1 is 1.19 bits per heavy atom. The van der Waals surface area contributed by atoms with Crippen LogP contribution in [0.4, 0.5) is 0 Å². The van der Waals surface area contributed by atoms with Gasteiger partial charge in [-0.05, 0) is 32.1 Å². The molecule has 2 saturated heterocycles. The molecule has 1 aliphatic carbocycles. The molecule has 1 unspecified atom stereocenters. The van der Waals surface area contributed by atoms with E-state index < -0.39 is 5.54 Å². The molecule has 3 aliphatic rings. The molecule has 4 rings (SSSR count). The van der Waals surface area contributed by atoms with Crippen LogP contribution in [-0.4, -0.2) is 76.5 Å². The number of amides is 2. The molecule has 8 heteroatoms. The highest BCUT2D eigenvalue weighted by molar-refractivity contribution is 6.00. The van der Waals surface area contributed by atoms with Crippen molar-refractivity contribution in [3.05, 3.63) is 17.7 Å². The number of hydrogen-bond donors (Lipinski definition) is 2. The molecule has 0 bridgehead atoms. The van der Waals surface area contributed by atoms with E-state index in [-0.39, 0.29) is 17.9 Å². The number of hydrogen-bond acceptors (Lipinski definition) is 5. The van der Waals surface area contributed by atoms with E-state index in [9.17, 15) is 9.59 Å². The number of carbonyl (C=O) groups excluding carboxylic acids is 2. The molecule has 3 heterocycles. The third-order valence-electron chi connectivity index (χ3n) is 7.62. The number of carbonyl (C=O) groups is 2. The lowest BCUT2D eigenvalue weighted by Crippen LogP contribution is -2.73. The molecule has 1 spiro atoms. The van der Waals surface area contributed by atoms with E-state index >= 15 is 0 Å². The summed E-state index contributed by atoms with van der Waals surface area (Å²) in [5.41, 5.74) is 1.38. The molecule has 172 valence electrons. The van der Waals surface area contributed by atoms with Gasteiger partial charge in [-0.3, -0.25) is 14.5 Å². The molecule has 2 N–H and O–H groups in total. The molecule has 2 aliphatic heterocycles. The predicted molar refractivity (Wildman–Crippen MR) is 117 cm³/mol. The summed E-state index contributed by atoms with van der Waals surface area (Å²) in [5, 5.41) is 3.14. The highest BCUT2D eigenvalue weighted by Crippen LogP contribution is 2.35. The zero-order chi connectivity index (χ0) is 21.8. The summed E-state index contributed by atoms with van der Waals surface area (Å²) in [6.07, 6.45) is 9.91. The van der Waals surface area contributed by atoms with Crippen molar-refractivity contribution >= 4 is 11.8 Å². The third kappa shape index (κ3) is 4.65. The monoisotopic (exact) mass is 431 g/mol. The first-order valence-electron chi connectivity index (χ1n) is 11.9. The molecule has 1 saturated carbocycles. The van der Waals surface area contributed by atoms with Gasteiger partial charge >= 0.3 is 0 Å². The summed E-state index contributed by atoms with van der Waals surface area (Å²) < 4.78 is 5.30. The molecule has 3 fully saturated rings. The molecule has 0 aromatic carbocycles. The van der Waals surface area contributed by atoms with Crippen LogP contribution in [0.15, 0.2) is 6.33 Å². The average Bonchev–Trinajstić information content (AvgIpc) is 3.18. The molecule has 31 heavy (non-hydrogen) atoms. The van der Waals surface area contributed by atoms with Crippen LogP contribution in [0.3, 0.4) is 0 Å². The van der Waals surface area contributed by atoms with Gasteiger partial charge < -0.3 is 19.9 Å². The standard InChI is InChI=1S/C23H37N5O3/c1-17-20(25-16-24-17)15-27-10-8-23(9-11-27)22(30)26-19(14-18-6-4-3-5-7-18)21(29)28(23)12-13-31-2/h16,18-19H,3-15H2,1-2H3,(H,24,25)(H,26,30). The minimum absolute atomic E-state index is 0.0291. The minimum Gasteiger partial charge on any atom is -0.383 e. The Morgan fingerprint density at radius 3 is 2.58 bits per heavy atom. The van der Waals surface area contributed by atoms with Gasteiger partial charge in [0.25, 0.3) is 0 Å². The van der Waals surface area contributed by atoms with E-state index in [1.54, 1.807) is 13.4 Å². The first kappa shape index (κ1) is 22.3. The van der Waals surface area contributed by atoms with Crippen molar-refractivity contribution in [2.75, 3.05) is 33.4 Å². The predicted octanol–water partition coefficient (Wildman–Crippen LogP) is 2.00. The van der Waals surface area contributed by atoms with Gasteiger partial charge in [0, 0.05) is 33.3 Å². The number of aryl methyl sites for hydroxylation is 1. The quantitative estimate of drug-likeness (QED) is 0.689. The van der Waals surface area contributed by atoms with E-state index in [2.05, 4.69) is 20.2 Å². The maximum absolute atomic E-state index is 13.5. The lowest BCUT2D eigenvalue weighted by molar-refractivity contribution is -0.162. The SMILES string of the molecule is COCCN1C(=O)C(CC2CCCCC2)NC(=O)C12CCN(Cc1[nH]cnc1C)CC2. The number of ether oxygens (including phenoxy) is 1. The van der Waals surface area contributed by atoms with Gasteiger partial charge in [-0.1, -0.05) is 32.1 Å². The van der Waals surface area contributed by atoms with Gasteiger partial charge in [0.15, 0.2) is 0 Å². The maximum atomic E-state index is 13.5. The van der Waals surface area contributed by atoms with Crippen molar-refractivity contribution < 1.29 is 14.3 Å². The highest BCUT2D eigenvalue weighted by Gasteiger charge is 2.53. The molecule has 2 amide bonds. The minimum atomic E-state index is -0.752. The first-order valence-corrected chi connectivity index (χ1v) is 11.9. The van der Waals surface area contributed by atoms with Crippen LogP contribution in [0.1, 0.15) is 62.8 Å². The summed E-state index contributed by atoms with van der Waals surface area (Å²) in [5.74, 6) is 0.655. The van der Waals surface area contributed by atoms with E-state index in [4.69, 9.17) is 4.74 Å². The Hall–Kier alpha value is -1.93. The molecular weight excluding hydrogens is 394 g/mol. The lowest BCUT2D eigenvalue weighted by atomic mass is 9.79. The molecule has 0 radical (unpaired) electrons. The number of likely N-dealkylation sites (tertiary alicyclic amines) is 1. The van der Waals surface area contributed by atoms with Crippen LogP contribution in [0.2, 0.25) is 0 Å². The maximum Gasteiger partial charge on any atom is 0.246 e. The average molecular weight is 432 g/mol. The van der Waals surface area contributed by atoms with Crippen molar-refractivity contribution in [2.45, 2.75) is 76.4 Å². The van der Waals surface area contributed by atoms with Crippen LogP contribution in [-0.2, 0) is 20.9 Å². The Morgan fingerprint density at radius 2 is 1.94 bits per heavy atom. The normalized spacial score (nSPS) is 25.2. The number of nitrogens with zero attached hydrogens (tertiary/aromatic N) is 3. The summed E-state index contributed by atoms with van der Waals surface area (Å²) in [6, 6.07) is -0.385. The Labute approximate surface area is 185 Å². The number of piperidine rings is 1. The van der Waals surface area contributed by atoms with Gasteiger partial charge in [-0.15, -0.1) is 0 Å². The number of aromatic amines is 1. The van der Waals surface area contributed by atoms with Crippen LogP contribution in [0, 0.1) is 12.8 Å². The van der Waals surface area contributed by atoms with Gasteiger partial charge in [-0.25, -0.2) is 4.98 Å². The Kier molecular flexibility index (Phi) is 6.96. The van der Waals surface area contributed by atoms with E-state index in [1.807, 2.05) is 11.8 Å². The second-order valence-electron chi connectivity index (χ2n) is 9.52. The third-order valence-corrected chi connectivity index (χ3v) is 7.62. The van der Waals surface area contributed by atoms with E-state index in [0.717, 1.165) is 37.4 Å². The van der Waals surface area contributed by atoms with Gasteiger partial charge in [0.1, 0.15) is 11.6 Å². The van der Waals surface area contributed by atoms with Gasteiger partial charge in [0.2, 0.25) is 11.8 Å². The number of piperazine rings is 1. The molecule has 1 aromatic heterocycles. The van der Waals surface area contributed by atoms with Crippen LogP contribution in [0.5, 0.6) is 0 Å². The topological polar surface area (TPSA) is 90.6 Å². The molecular formula is C23H37N5O3. The summed E-state index contributed by atoms with van der Waals surface area (Å²) >= 11 is 0. The summed E-state index contributed by atoms with van der Waals surface area (Å²) in [7, 11) is 1.65.